The Morgan fingerprint density at radius 1 is 1.03 bits per heavy atom. The number of hydrogen-bond donors (Lipinski definition) is 0. The van der Waals surface area contributed by atoms with E-state index < -0.39 is 0 Å². The van der Waals surface area contributed by atoms with Crippen molar-refractivity contribution in [2.75, 3.05) is 5.75 Å². The number of thioether (sulfide) groups is 1. The van der Waals surface area contributed by atoms with Gasteiger partial charge in [0, 0.05) is 16.3 Å². The number of thiazole rings is 1. The standard InChI is InChI=1S/C28H22ClN3O2S3/c1-3-18-8-14-21(15-9-18)31-25-24(37-28(31)35)26(34)32(22-7-5-4-6-17(22)2)27(30-25)36-16-23(33)19-10-12-20(29)13-11-19/h4-15H,3,16H2,1-2H3. The average Bonchev–Trinajstić information content (AvgIpc) is 3.24. The topological polar surface area (TPSA) is 56.9 Å². The number of benzene rings is 3. The van der Waals surface area contributed by atoms with E-state index in [1.54, 1.807) is 28.8 Å². The van der Waals surface area contributed by atoms with Crippen LogP contribution in [-0.4, -0.2) is 25.7 Å². The van der Waals surface area contributed by atoms with Crippen LogP contribution >= 0.6 is 46.9 Å². The number of ketones is 1. The quantitative estimate of drug-likeness (QED) is 0.0889. The maximum absolute atomic E-state index is 13.9. The molecule has 0 atom stereocenters. The summed E-state index contributed by atoms with van der Waals surface area (Å²) < 4.78 is 4.44. The number of carbonyl (C=O) groups is 1. The van der Waals surface area contributed by atoms with Crippen molar-refractivity contribution in [2.45, 2.75) is 25.4 Å². The molecular formula is C28H22ClN3O2S3. The van der Waals surface area contributed by atoms with Gasteiger partial charge >= 0.3 is 0 Å². The van der Waals surface area contributed by atoms with Crippen LogP contribution in [-0.2, 0) is 6.42 Å². The second-order valence-electron chi connectivity index (χ2n) is 8.42. The minimum Gasteiger partial charge on any atom is -0.293 e. The SMILES string of the molecule is CCc1ccc(-n2c(=S)sc3c(=O)n(-c4ccccc4C)c(SCC(=O)c4ccc(Cl)cc4)nc32)cc1. The highest BCUT2D eigenvalue weighted by atomic mass is 35.5. The van der Waals surface area contributed by atoms with Gasteiger partial charge in [-0.15, -0.1) is 0 Å². The zero-order valence-electron chi connectivity index (χ0n) is 20.1. The summed E-state index contributed by atoms with van der Waals surface area (Å²) in [6.07, 6.45) is 0.928. The van der Waals surface area contributed by atoms with Crippen LogP contribution in [0.2, 0.25) is 5.02 Å². The maximum atomic E-state index is 13.9. The monoisotopic (exact) mass is 563 g/mol. The fourth-order valence-corrected chi connectivity index (χ4v) is 6.34. The Morgan fingerprint density at radius 2 is 1.73 bits per heavy atom. The molecule has 0 amide bonds. The molecule has 0 aliphatic rings. The maximum Gasteiger partial charge on any atom is 0.278 e. The number of hydrogen-bond acceptors (Lipinski definition) is 6. The molecule has 37 heavy (non-hydrogen) atoms. The normalized spacial score (nSPS) is 11.2. The number of aryl methyl sites for hydroxylation is 2. The molecule has 0 spiro atoms. The smallest absolute Gasteiger partial charge is 0.278 e. The van der Waals surface area contributed by atoms with E-state index in [0.29, 0.717) is 30.0 Å². The summed E-state index contributed by atoms with van der Waals surface area (Å²) in [5.74, 6) is 0.0336. The Hall–Kier alpha value is -3.04. The van der Waals surface area contributed by atoms with Crippen LogP contribution in [0, 0.1) is 10.9 Å². The molecular weight excluding hydrogens is 542 g/mol. The van der Waals surface area contributed by atoms with Gasteiger partial charge in [-0.25, -0.2) is 4.98 Å². The fourth-order valence-electron chi connectivity index (χ4n) is 4.02. The van der Waals surface area contributed by atoms with Crippen LogP contribution in [0.25, 0.3) is 21.7 Å². The average molecular weight is 564 g/mol. The Balaban J connectivity index is 1.66. The van der Waals surface area contributed by atoms with E-state index in [1.807, 2.05) is 47.9 Å². The second kappa shape index (κ2) is 10.8. The molecule has 2 heterocycles. The molecule has 2 aromatic heterocycles. The van der Waals surface area contributed by atoms with Crippen molar-refractivity contribution >= 4 is 63.0 Å². The van der Waals surface area contributed by atoms with Crippen molar-refractivity contribution in [1.82, 2.24) is 14.1 Å². The number of para-hydroxylation sites is 1. The van der Waals surface area contributed by atoms with Crippen molar-refractivity contribution in [3.63, 3.8) is 0 Å². The van der Waals surface area contributed by atoms with E-state index in [4.69, 9.17) is 28.8 Å². The van der Waals surface area contributed by atoms with Crippen LogP contribution < -0.4 is 5.56 Å². The predicted molar refractivity (Wildman–Crippen MR) is 156 cm³/mol. The molecule has 0 bridgehead atoms. The Bertz CT molecular complexity index is 1740. The first-order valence-corrected chi connectivity index (χ1v) is 14.2. The van der Waals surface area contributed by atoms with E-state index in [-0.39, 0.29) is 17.1 Å². The molecule has 0 radical (unpaired) electrons. The van der Waals surface area contributed by atoms with Gasteiger partial charge in [0.1, 0.15) is 4.70 Å². The van der Waals surface area contributed by atoms with E-state index in [2.05, 4.69) is 19.1 Å². The van der Waals surface area contributed by atoms with E-state index in [0.717, 1.165) is 23.4 Å². The molecule has 3 aromatic carbocycles. The Kier molecular flexibility index (Phi) is 7.44. The summed E-state index contributed by atoms with van der Waals surface area (Å²) in [6.45, 7) is 4.05. The molecule has 186 valence electrons. The number of aromatic nitrogens is 3. The van der Waals surface area contributed by atoms with Gasteiger partial charge in [0.15, 0.2) is 20.5 Å². The van der Waals surface area contributed by atoms with Crippen molar-refractivity contribution in [3.05, 3.63) is 109 Å². The number of rotatable bonds is 7. The Morgan fingerprint density at radius 3 is 2.41 bits per heavy atom. The first kappa shape index (κ1) is 25.6. The molecule has 0 N–H and O–H groups in total. The van der Waals surface area contributed by atoms with Gasteiger partial charge in [0.25, 0.3) is 5.56 Å². The molecule has 5 aromatic rings. The number of nitrogens with zero attached hydrogens (tertiary/aromatic N) is 3. The summed E-state index contributed by atoms with van der Waals surface area (Å²) >= 11 is 14.1. The molecule has 0 aliphatic heterocycles. The van der Waals surface area contributed by atoms with E-state index in [9.17, 15) is 9.59 Å². The lowest BCUT2D eigenvalue weighted by Crippen LogP contribution is -2.22. The minimum atomic E-state index is -0.208. The van der Waals surface area contributed by atoms with Crippen molar-refractivity contribution < 1.29 is 4.79 Å². The lowest BCUT2D eigenvalue weighted by molar-refractivity contribution is 0.102. The highest BCUT2D eigenvalue weighted by Gasteiger charge is 2.21. The van der Waals surface area contributed by atoms with Gasteiger partial charge in [-0.3, -0.25) is 18.7 Å². The minimum absolute atomic E-state index is 0.0790. The van der Waals surface area contributed by atoms with Gasteiger partial charge in [-0.05, 0) is 79.2 Å². The lowest BCUT2D eigenvalue weighted by atomic mass is 10.1. The number of fused-ring (bicyclic) bond motifs is 1. The third kappa shape index (κ3) is 5.07. The van der Waals surface area contributed by atoms with Gasteiger partial charge in [-0.1, -0.05) is 72.0 Å². The van der Waals surface area contributed by atoms with Gasteiger partial charge in [-0.2, -0.15) is 0 Å². The molecule has 0 aliphatic carbocycles. The number of carbonyl (C=O) groups excluding carboxylic acids is 1. The fraction of sp³-hybridized carbons (Fsp3) is 0.143. The third-order valence-electron chi connectivity index (χ3n) is 6.03. The van der Waals surface area contributed by atoms with Gasteiger partial charge in [0.2, 0.25) is 0 Å². The van der Waals surface area contributed by atoms with Crippen LogP contribution in [0.1, 0.15) is 28.4 Å². The van der Waals surface area contributed by atoms with Crippen LogP contribution in [0.5, 0.6) is 0 Å². The summed E-state index contributed by atoms with van der Waals surface area (Å²) in [7, 11) is 0. The van der Waals surface area contributed by atoms with Crippen LogP contribution in [0.3, 0.4) is 0 Å². The van der Waals surface area contributed by atoms with Crippen molar-refractivity contribution in [1.29, 1.82) is 0 Å². The van der Waals surface area contributed by atoms with E-state index >= 15 is 0 Å². The van der Waals surface area contributed by atoms with Gasteiger partial charge in [0.05, 0.1) is 11.4 Å². The van der Waals surface area contributed by atoms with Crippen LogP contribution in [0.4, 0.5) is 0 Å². The summed E-state index contributed by atoms with van der Waals surface area (Å²) in [5, 5.41) is 0.999. The van der Waals surface area contributed by atoms with E-state index in [1.165, 1.54) is 28.7 Å². The highest BCUT2D eigenvalue weighted by Crippen LogP contribution is 2.29. The molecule has 0 unspecified atom stereocenters. The van der Waals surface area contributed by atoms with Gasteiger partial charge < -0.3 is 0 Å². The van der Waals surface area contributed by atoms with Crippen LogP contribution in [0.15, 0.2) is 82.7 Å². The molecule has 0 fully saturated rings. The number of Topliss-reactive ketones (excluding diaryl/α,β-unsaturated/α-hetero) is 1. The zero-order valence-corrected chi connectivity index (χ0v) is 23.3. The summed E-state index contributed by atoms with van der Waals surface area (Å²) in [5.41, 5.74) is 4.55. The molecule has 5 rings (SSSR count). The predicted octanol–water partition coefficient (Wildman–Crippen LogP) is 7.47. The molecule has 0 saturated carbocycles. The first-order chi connectivity index (χ1) is 17.9. The molecule has 5 nitrogen and oxygen atoms in total. The first-order valence-electron chi connectivity index (χ1n) is 11.6. The van der Waals surface area contributed by atoms with Crippen molar-refractivity contribution in [3.8, 4) is 11.4 Å². The lowest BCUT2D eigenvalue weighted by Gasteiger charge is -2.14. The Labute approximate surface area is 232 Å². The highest BCUT2D eigenvalue weighted by molar-refractivity contribution is 7.99. The second-order valence-corrected chi connectivity index (χ2v) is 11.4. The third-order valence-corrected chi connectivity index (χ3v) is 8.58. The molecule has 9 heteroatoms. The zero-order chi connectivity index (χ0) is 26.1. The summed E-state index contributed by atoms with van der Waals surface area (Å²) in [6, 6.07) is 22.5. The van der Waals surface area contributed by atoms with Crippen molar-refractivity contribution in [2.24, 2.45) is 0 Å². The summed E-state index contributed by atoms with van der Waals surface area (Å²) in [4.78, 5) is 31.8. The largest absolute Gasteiger partial charge is 0.293 e. The number of halogens is 1. The molecule has 0 saturated heterocycles.